The van der Waals surface area contributed by atoms with E-state index < -0.39 is 15.3 Å². The number of thiocarbonyl (C=S) groups is 1. The second-order valence-electron chi connectivity index (χ2n) is 4.01. The second-order valence-corrected chi connectivity index (χ2v) is 6.52. The van der Waals surface area contributed by atoms with E-state index in [9.17, 15) is 8.42 Å². The maximum Gasteiger partial charge on any atom is 0.221 e. The highest BCUT2D eigenvalue weighted by Gasteiger charge is 2.27. The summed E-state index contributed by atoms with van der Waals surface area (Å²) in [5, 5.41) is -0.874. The van der Waals surface area contributed by atoms with E-state index in [1.807, 2.05) is 13.8 Å². The van der Waals surface area contributed by atoms with Crippen molar-refractivity contribution in [2.24, 2.45) is 11.7 Å². The summed E-state index contributed by atoms with van der Waals surface area (Å²) >= 11 is 4.68. The molecule has 0 radical (unpaired) electrons. The molecule has 0 bridgehead atoms. The lowest BCUT2D eigenvalue weighted by molar-refractivity contribution is 0.157. The number of rotatable bonds is 7. The predicted molar refractivity (Wildman–Crippen MR) is 68.8 cm³/mol. The first-order valence-corrected chi connectivity index (χ1v) is 6.97. The molecule has 3 N–H and O–H groups in total. The van der Waals surface area contributed by atoms with Crippen LogP contribution in [0.1, 0.15) is 20.8 Å². The van der Waals surface area contributed by atoms with E-state index in [1.165, 1.54) is 14.0 Å². The fourth-order valence-electron chi connectivity index (χ4n) is 1.01. The summed E-state index contributed by atoms with van der Waals surface area (Å²) in [6.45, 7) is 5.62. The van der Waals surface area contributed by atoms with Crippen LogP contribution in [-0.2, 0) is 14.8 Å². The van der Waals surface area contributed by atoms with Crippen LogP contribution < -0.4 is 10.5 Å². The van der Waals surface area contributed by atoms with E-state index in [-0.39, 0.29) is 16.9 Å². The molecule has 7 heteroatoms. The van der Waals surface area contributed by atoms with Crippen LogP contribution in [0.5, 0.6) is 0 Å². The topological polar surface area (TPSA) is 81.4 Å². The average molecular weight is 268 g/mol. The Kier molecular flexibility index (Phi) is 6.39. The molecule has 5 nitrogen and oxygen atoms in total. The Balaban J connectivity index is 4.73. The van der Waals surface area contributed by atoms with Gasteiger partial charge in [0.15, 0.2) is 0 Å². The van der Waals surface area contributed by atoms with E-state index in [4.69, 9.17) is 10.5 Å². The summed E-state index contributed by atoms with van der Waals surface area (Å²) in [7, 11) is -1.99. The Morgan fingerprint density at radius 3 is 2.25 bits per heavy atom. The zero-order valence-corrected chi connectivity index (χ0v) is 11.7. The predicted octanol–water partition coefficient (Wildman–Crippen LogP) is 0.251. The van der Waals surface area contributed by atoms with Crippen molar-refractivity contribution in [3.05, 3.63) is 0 Å². The van der Waals surface area contributed by atoms with Crippen LogP contribution in [0, 0.1) is 5.92 Å². The van der Waals surface area contributed by atoms with Crippen LogP contribution >= 0.6 is 12.2 Å². The Labute approximate surface area is 103 Å². The number of hydrogen-bond acceptors (Lipinski definition) is 4. The van der Waals surface area contributed by atoms with Crippen molar-refractivity contribution in [1.29, 1.82) is 0 Å². The van der Waals surface area contributed by atoms with Crippen molar-refractivity contribution in [1.82, 2.24) is 4.72 Å². The van der Waals surface area contributed by atoms with Crippen LogP contribution in [0.3, 0.4) is 0 Å². The highest BCUT2D eigenvalue weighted by Crippen LogP contribution is 2.07. The molecule has 0 aliphatic rings. The maximum absolute atomic E-state index is 11.8. The normalized spacial score (nSPS) is 16.1. The fraction of sp³-hybridized carbons (Fsp3) is 0.889. The first-order chi connectivity index (χ1) is 7.22. The summed E-state index contributed by atoms with van der Waals surface area (Å²) < 4.78 is 31.2. The lowest BCUT2D eigenvalue weighted by atomic mass is 10.1. The van der Waals surface area contributed by atoms with Gasteiger partial charge < -0.3 is 10.5 Å². The molecule has 0 aromatic rings. The third kappa shape index (κ3) is 4.73. The van der Waals surface area contributed by atoms with Gasteiger partial charge in [0.25, 0.3) is 0 Å². The van der Waals surface area contributed by atoms with Gasteiger partial charge in [-0.25, -0.2) is 13.1 Å². The minimum atomic E-state index is -3.52. The first-order valence-electron chi connectivity index (χ1n) is 5.01. The number of nitrogens with two attached hydrogens (primary N) is 1. The second kappa shape index (κ2) is 6.48. The van der Waals surface area contributed by atoms with Crippen LogP contribution in [0.4, 0.5) is 0 Å². The van der Waals surface area contributed by atoms with Gasteiger partial charge in [0.1, 0.15) is 5.25 Å². The maximum atomic E-state index is 11.8. The van der Waals surface area contributed by atoms with E-state index >= 15 is 0 Å². The molecule has 2 atom stereocenters. The highest BCUT2D eigenvalue weighted by atomic mass is 32.2. The Morgan fingerprint density at radius 1 is 1.44 bits per heavy atom. The minimum Gasteiger partial charge on any atom is -0.392 e. The molecule has 0 fully saturated rings. The van der Waals surface area contributed by atoms with E-state index in [1.54, 1.807) is 0 Å². The molecule has 0 heterocycles. The quantitative estimate of drug-likeness (QED) is 0.647. The molecule has 0 amide bonds. The summed E-state index contributed by atoms with van der Waals surface area (Å²) in [6.07, 6.45) is 0. The van der Waals surface area contributed by atoms with Gasteiger partial charge in [0.2, 0.25) is 10.0 Å². The highest BCUT2D eigenvalue weighted by molar-refractivity contribution is 7.93. The van der Waals surface area contributed by atoms with Gasteiger partial charge in [0.05, 0.1) is 11.6 Å². The van der Waals surface area contributed by atoms with Crippen molar-refractivity contribution in [3.63, 3.8) is 0 Å². The molecule has 0 aliphatic carbocycles. The SMILES string of the molecule is COCC(NS(=O)(=O)C(C)C(N)=S)C(C)C. The fourth-order valence-corrected chi connectivity index (χ4v) is 2.66. The third-order valence-electron chi connectivity index (χ3n) is 2.33. The lowest BCUT2D eigenvalue weighted by Crippen LogP contribution is -2.48. The molecule has 0 rings (SSSR count). The summed E-state index contributed by atoms with van der Waals surface area (Å²) in [5.41, 5.74) is 5.33. The molecule has 0 aromatic carbocycles. The van der Waals surface area contributed by atoms with Crippen LogP contribution in [0.25, 0.3) is 0 Å². The molecule has 0 saturated heterocycles. The molecule has 16 heavy (non-hydrogen) atoms. The largest absolute Gasteiger partial charge is 0.392 e. The van der Waals surface area contributed by atoms with Crippen LogP contribution in [-0.4, -0.2) is 38.4 Å². The standard InChI is InChI=1S/C9H20N2O3S2/c1-6(2)8(5-14-4)11-16(12,13)7(3)9(10)15/h6-8,11H,5H2,1-4H3,(H2,10,15). The summed E-state index contributed by atoms with van der Waals surface area (Å²) in [6, 6.07) is -0.271. The first kappa shape index (κ1) is 15.8. The van der Waals surface area contributed by atoms with Gasteiger partial charge in [0, 0.05) is 13.2 Å². The van der Waals surface area contributed by atoms with Gasteiger partial charge in [-0.05, 0) is 12.8 Å². The van der Waals surface area contributed by atoms with Crippen molar-refractivity contribution < 1.29 is 13.2 Å². The summed E-state index contributed by atoms with van der Waals surface area (Å²) in [5.74, 6) is 0.133. The molecule has 0 aromatic heterocycles. The Hall–Kier alpha value is -0.240. The van der Waals surface area contributed by atoms with Gasteiger partial charge >= 0.3 is 0 Å². The average Bonchev–Trinajstić information content (AvgIpc) is 2.15. The molecular formula is C9H20N2O3S2. The van der Waals surface area contributed by atoms with Crippen molar-refractivity contribution in [2.45, 2.75) is 32.1 Å². The molecule has 0 saturated carbocycles. The molecule has 0 spiro atoms. The number of ether oxygens (including phenoxy) is 1. The monoisotopic (exact) mass is 268 g/mol. The van der Waals surface area contributed by atoms with Crippen LogP contribution in [0.15, 0.2) is 0 Å². The molecule has 0 aliphatic heterocycles. The van der Waals surface area contributed by atoms with Crippen molar-refractivity contribution >= 4 is 27.2 Å². The minimum absolute atomic E-state index is 0.0348. The van der Waals surface area contributed by atoms with E-state index in [0.717, 1.165) is 0 Å². The zero-order valence-electron chi connectivity index (χ0n) is 10.1. The Bertz CT molecular complexity index is 328. The molecule has 96 valence electrons. The number of nitrogens with one attached hydrogen (secondary N) is 1. The molecular weight excluding hydrogens is 248 g/mol. The van der Waals surface area contributed by atoms with E-state index in [0.29, 0.717) is 6.61 Å². The molecule has 2 unspecified atom stereocenters. The van der Waals surface area contributed by atoms with Crippen LogP contribution in [0.2, 0.25) is 0 Å². The number of hydrogen-bond donors (Lipinski definition) is 2. The van der Waals surface area contributed by atoms with Gasteiger partial charge in [-0.1, -0.05) is 26.1 Å². The Morgan fingerprint density at radius 2 is 1.94 bits per heavy atom. The number of methoxy groups -OCH3 is 1. The zero-order chi connectivity index (χ0) is 12.9. The van der Waals surface area contributed by atoms with Crippen molar-refractivity contribution in [2.75, 3.05) is 13.7 Å². The smallest absolute Gasteiger partial charge is 0.221 e. The summed E-state index contributed by atoms with van der Waals surface area (Å²) in [4.78, 5) is -0.0348. The van der Waals surface area contributed by atoms with E-state index in [2.05, 4.69) is 16.9 Å². The number of sulfonamides is 1. The lowest BCUT2D eigenvalue weighted by Gasteiger charge is -2.23. The van der Waals surface area contributed by atoms with Crippen molar-refractivity contribution in [3.8, 4) is 0 Å². The van der Waals surface area contributed by atoms with Gasteiger partial charge in [-0.15, -0.1) is 0 Å². The third-order valence-corrected chi connectivity index (χ3v) is 4.65. The van der Waals surface area contributed by atoms with Gasteiger partial charge in [-0.2, -0.15) is 0 Å². The van der Waals surface area contributed by atoms with Gasteiger partial charge in [-0.3, -0.25) is 0 Å².